The van der Waals surface area contributed by atoms with E-state index < -0.39 is 65.6 Å². The summed E-state index contributed by atoms with van der Waals surface area (Å²) in [5, 5.41) is 23.5. The van der Waals surface area contributed by atoms with Crippen LogP contribution in [-0.2, 0) is 39.8 Å². The first kappa shape index (κ1) is 44.6. The van der Waals surface area contributed by atoms with Crippen LogP contribution in [0, 0.1) is 11.8 Å². The number of carbonyl (C=O) groups is 3. The number of nitrogens with zero attached hydrogens (tertiary/aromatic N) is 6. The summed E-state index contributed by atoms with van der Waals surface area (Å²) in [6.07, 6.45) is 1.85. The van der Waals surface area contributed by atoms with E-state index in [1.165, 1.54) is 6.92 Å². The Morgan fingerprint density at radius 2 is 1.81 bits per heavy atom. The third-order valence-electron chi connectivity index (χ3n) is 12.2. The first-order valence-electron chi connectivity index (χ1n) is 20.5. The molecule has 0 saturated carbocycles. The number of carbonyl (C=O) groups excluding carboxylic acids is 3. The van der Waals surface area contributed by atoms with E-state index in [2.05, 4.69) is 27.5 Å². The molecule has 12 atom stereocenters. The number of unbranched alkanes of at least 4 members (excludes halogenated alkanes) is 1. The van der Waals surface area contributed by atoms with E-state index >= 15 is 0 Å². The van der Waals surface area contributed by atoms with Gasteiger partial charge in [0.25, 0.3) is 0 Å². The number of cyclic esters (lactones) is 1. The SMILES string of the molecule is CC[C@H]1OC(=O)[C@H](C)C(=O)C[C@@H](O[C@@H]2OC(C)CC(N(C)C)C2O)[C@@](C)(OC)C[C@@H](C)CN[C@H](C)[C@H]2N(CCCCn3cc(-c4ccccn4)nn3)C(=O)O[C@]12C. The summed E-state index contributed by atoms with van der Waals surface area (Å²) < 4.78 is 33.0. The number of pyridine rings is 1. The number of fused-ring (bicyclic) bond motifs is 1. The van der Waals surface area contributed by atoms with Crippen molar-refractivity contribution in [1.82, 2.24) is 35.1 Å². The number of aliphatic hydroxyl groups is 1. The number of hydrogen-bond donors (Lipinski definition) is 2. The van der Waals surface area contributed by atoms with Crippen molar-refractivity contribution in [3.05, 3.63) is 30.6 Å². The summed E-state index contributed by atoms with van der Waals surface area (Å²) in [6, 6.07) is 4.63. The van der Waals surface area contributed by atoms with Gasteiger partial charge in [-0.2, -0.15) is 0 Å². The summed E-state index contributed by atoms with van der Waals surface area (Å²) in [5.41, 5.74) is -0.795. The monoisotopic (exact) mass is 799 g/mol. The van der Waals surface area contributed by atoms with Crippen LogP contribution in [-0.4, -0.2) is 147 Å². The molecule has 0 bridgehead atoms. The molecule has 0 aromatic carbocycles. The molecule has 2 aromatic rings. The molecule has 3 fully saturated rings. The molecule has 0 spiro atoms. The van der Waals surface area contributed by atoms with Gasteiger partial charge in [-0.3, -0.25) is 24.2 Å². The van der Waals surface area contributed by atoms with E-state index in [0.717, 1.165) is 12.1 Å². The van der Waals surface area contributed by atoms with Crippen LogP contribution >= 0.6 is 0 Å². The van der Waals surface area contributed by atoms with Crippen molar-refractivity contribution in [1.29, 1.82) is 0 Å². The molecule has 57 heavy (non-hydrogen) atoms. The molecule has 16 heteroatoms. The molecule has 3 saturated heterocycles. The third kappa shape index (κ3) is 10.2. The maximum Gasteiger partial charge on any atom is 0.410 e. The maximum absolute atomic E-state index is 14.0. The molecule has 16 nitrogen and oxygen atoms in total. The number of aromatic nitrogens is 4. The van der Waals surface area contributed by atoms with Crippen LogP contribution in [0.1, 0.15) is 87.0 Å². The molecule has 0 aliphatic carbocycles. The number of Topliss-reactive ketones (excluding diaryl/α,β-unsaturated/α-hetero) is 1. The van der Waals surface area contributed by atoms with Crippen molar-refractivity contribution in [2.24, 2.45) is 11.8 Å². The lowest BCUT2D eigenvalue weighted by Gasteiger charge is -2.45. The van der Waals surface area contributed by atoms with E-state index in [1.54, 1.807) is 22.9 Å². The van der Waals surface area contributed by atoms with E-state index in [4.69, 9.17) is 23.7 Å². The number of methoxy groups -OCH3 is 1. The number of amides is 1. The lowest BCUT2D eigenvalue weighted by Crippen LogP contribution is -2.61. The summed E-state index contributed by atoms with van der Waals surface area (Å²) in [7, 11) is 5.38. The van der Waals surface area contributed by atoms with Gasteiger partial charge in [0.15, 0.2) is 11.9 Å². The van der Waals surface area contributed by atoms with Crippen molar-refractivity contribution in [2.45, 2.75) is 154 Å². The second kappa shape index (κ2) is 19.0. The van der Waals surface area contributed by atoms with Crippen molar-refractivity contribution >= 4 is 17.8 Å². The van der Waals surface area contributed by atoms with E-state index in [9.17, 15) is 19.5 Å². The Hall–Kier alpha value is -3.54. The molecule has 5 rings (SSSR count). The van der Waals surface area contributed by atoms with Gasteiger partial charge in [-0.1, -0.05) is 25.1 Å². The summed E-state index contributed by atoms with van der Waals surface area (Å²) in [6.45, 7) is 14.7. The predicted molar refractivity (Wildman–Crippen MR) is 211 cm³/mol. The Morgan fingerprint density at radius 1 is 1.07 bits per heavy atom. The molecular formula is C41H65N7O9. The minimum Gasteiger partial charge on any atom is -0.458 e. The highest BCUT2D eigenvalue weighted by atomic mass is 16.7. The quantitative estimate of drug-likeness (QED) is 0.190. The van der Waals surface area contributed by atoms with Gasteiger partial charge < -0.3 is 39.0 Å². The van der Waals surface area contributed by atoms with Gasteiger partial charge in [0, 0.05) is 44.9 Å². The molecule has 3 unspecified atom stereocenters. The highest BCUT2D eigenvalue weighted by molar-refractivity contribution is 5.99. The lowest BCUT2D eigenvalue weighted by molar-refractivity contribution is -0.289. The first-order chi connectivity index (χ1) is 27.0. The fourth-order valence-corrected chi connectivity index (χ4v) is 8.75. The average molecular weight is 800 g/mol. The molecule has 5 heterocycles. The summed E-state index contributed by atoms with van der Waals surface area (Å²) in [5.74, 6) is -2.26. The van der Waals surface area contributed by atoms with Crippen LogP contribution in [0.2, 0.25) is 0 Å². The number of ether oxygens (including phenoxy) is 5. The minimum atomic E-state index is -1.22. The summed E-state index contributed by atoms with van der Waals surface area (Å²) in [4.78, 5) is 49.7. The molecule has 2 N–H and O–H groups in total. The third-order valence-corrected chi connectivity index (χ3v) is 12.2. The zero-order chi connectivity index (χ0) is 41.7. The topological polar surface area (TPSA) is 180 Å². The van der Waals surface area contributed by atoms with Crippen molar-refractivity contribution < 1.29 is 43.2 Å². The lowest BCUT2D eigenvalue weighted by atomic mass is 9.83. The Kier molecular flexibility index (Phi) is 14.9. The smallest absolute Gasteiger partial charge is 0.410 e. The Bertz CT molecular complexity index is 1650. The predicted octanol–water partition coefficient (Wildman–Crippen LogP) is 3.85. The number of aliphatic hydroxyl groups excluding tert-OH is 1. The van der Waals surface area contributed by atoms with Gasteiger partial charge in [-0.05, 0) is 105 Å². The minimum absolute atomic E-state index is 0.00281. The van der Waals surface area contributed by atoms with Crippen molar-refractivity contribution in [2.75, 3.05) is 34.3 Å². The molecule has 2 aromatic heterocycles. The molecule has 3 aliphatic rings. The Balaban J connectivity index is 1.36. The maximum atomic E-state index is 14.0. The second-order valence-corrected chi connectivity index (χ2v) is 16.9. The fraction of sp³-hybridized carbons (Fsp3) is 0.756. The average Bonchev–Trinajstić information content (AvgIpc) is 3.76. The number of nitrogens with one attached hydrogen (secondary N) is 1. The van der Waals surface area contributed by atoms with Crippen molar-refractivity contribution in [3.63, 3.8) is 0 Å². The van der Waals surface area contributed by atoms with Crippen LogP contribution < -0.4 is 5.32 Å². The van der Waals surface area contributed by atoms with Crippen LogP contribution in [0.3, 0.4) is 0 Å². The van der Waals surface area contributed by atoms with E-state index in [1.807, 2.05) is 78.0 Å². The normalized spacial score (nSPS) is 36.0. The number of aryl methyl sites for hydroxylation is 1. The molecule has 318 valence electrons. The van der Waals surface area contributed by atoms with Crippen LogP contribution in [0.15, 0.2) is 30.6 Å². The number of hydrogen-bond acceptors (Lipinski definition) is 14. The second-order valence-electron chi connectivity index (χ2n) is 16.9. The van der Waals surface area contributed by atoms with Gasteiger partial charge in [0.05, 0.1) is 35.7 Å². The zero-order valence-corrected chi connectivity index (χ0v) is 35.4. The van der Waals surface area contributed by atoms with Gasteiger partial charge in [-0.15, -0.1) is 5.10 Å². The van der Waals surface area contributed by atoms with Crippen LogP contribution in [0.4, 0.5) is 4.79 Å². The van der Waals surface area contributed by atoms with E-state index in [-0.39, 0.29) is 30.5 Å². The molecule has 3 aliphatic heterocycles. The zero-order valence-electron chi connectivity index (χ0n) is 35.4. The Morgan fingerprint density at radius 3 is 2.47 bits per heavy atom. The van der Waals surface area contributed by atoms with E-state index in [0.29, 0.717) is 51.0 Å². The highest BCUT2D eigenvalue weighted by Gasteiger charge is 2.58. The largest absolute Gasteiger partial charge is 0.458 e. The molecule has 1 amide bonds. The van der Waals surface area contributed by atoms with Crippen LogP contribution in [0.5, 0.6) is 0 Å². The summed E-state index contributed by atoms with van der Waals surface area (Å²) >= 11 is 0. The number of likely N-dealkylation sites (N-methyl/N-ethyl adjacent to an activating group) is 1. The van der Waals surface area contributed by atoms with Gasteiger partial charge in [0.2, 0.25) is 0 Å². The van der Waals surface area contributed by atoms with Gasteiger partial charge in [-0.25, -0.2) is 4.79 Å². The highest BCUT2D eigenvalue weighted by Crippen LogP contribution is 2.39. The van der Waals surface area contributed by atoms with Crippen molar-refractivity contribution in [3.8, 4) is 11.4 Å². The molecular weight excluding hydrogens is 734 g/mol. The number of rotatable bonds is 11. The number of ketones is 1. The van der Waals surface area contributed by atoms with Gasteiger partial charge >= 0.3 is 12.1 Å². The molecule has 0 radical (unpaired) electrons. The first-order valence-corrected chi connectivity index (χ1v) is 20.5. The fourth-order valence-electron chi connectivity index (χ4n) is 8.75. The van der Waals surface area contributed by atoms with Crippen LogP contribution in [0.25, 0.3) is 11.4 Å². The van der Waals surface area contributed by atoms with Gasteiger partial charge in [0.1, 0.15) is 29.6 Å². The Labute approximate surface area is 337 Å². The standard InChI is InChI=1S/C41H65N7O9/c1-11-33-41(7)36(48(39(52)57-41)19-15-14-18-47-24-30(44-45-47)29-16-12-13-17-42-29)28(5)43-23-25(2)22-40(6,53-10)34(21-32(49)27(4)37(51)55-33)56-38-35(50)31(46(8)9)20-26(3)54-38/h12-13,16-17,24-28,31,33-36,38,43,50H,11,14-15,18-23H2,1-10H3/t25-,26?,27-,28-,31?,33-,34-,35?,36-,38+,40+,41-/m1/s1. The number of esters is 1.